The van der Waals surface area contributed by atoms with E-state index in [1.165, 1.54) is 0 Å². The van der Waals surface area contributed by atoms with Crippen molar-refractivity contribution >= 4 is 23.5 Å². The summed E-state index contributed by atoms with van der Waals surface area (Å²) in [7, 11) is 0. The second kappa shape index (κ2) is 7.01. The van der Waals surface area contributed by atoms with Gasteiger partial charge in [0, 0.05) is 13.0 Å². The van der Waals surface area contributed by atoms with E-state index < -0.39 is 5.97 Å². The predicted molar refractivity (Wildman–Crippen MR) is 70.0 cm³/mol. The number of carbonyl (C=O) groups excluding carboxylic acids is 1. The van der Waals surface area contributed by atoms with Crippen LogP contribution < -0.4 is 5.32 Å². The van der Waals surface area contributed by atoms with Gasteiger partial charge >= 0.3 is 5.97 Å². The molecule has 0 saturated heterocycles. The van der Waals surface area contributed by atoms with Crippen LogP contribution >= 0.6 is 11.6 Å². The summed E-state index contributed by atoms with van der Waals surface area (Å²) >= 11 is 6.03. The van der Waals surface area contributed by atoms with Crippen molar-refractivity contribution in [3.8, 4) is 0 Å². The van der Waals surface area contributed by atoms with Gasteiger partial charge in [-0.05, 0) is 31.4 Å². The minimum atomic E-state index is -0.817. The third-order valence-corrected chi connectivity index (χ3v) is 3.04. The van der Waals surface area contributed by atoms with Gasteiger partial charge in [0.2, 0.25) is 0 Å². The molecule has 5 heteroatoms. The molecular weight excluding hydrogens is 254 g/mol. The third kappa shape index (κ3) is 4.37. The van der Waals surface area contributed by atoms with Crippen LogP contribution in [0.2, 0.25) is 5.02 Å². The van der Waals surface area contributed by atoms with Gasteiger partial charge in [-0.2, -0.15) is 0 Å². The lowest BCUT2D eigenvalue weighted by Crippen LogP contribution is -2.25. The summed E-state index contributed by atoms with van der Waals surface area (Å²) in [5, 5.41) is 11.6. The van der Waals surface area contributed by atoms with E-state index in [1.54, 1.807) is 12.1 Å². The van der Waals surface area contributed by atoms with Crippen molar-refractivity contribution in [1.29, 1.82) is 0 Å². The molecule has 1 aromatic carbocycles. The Morgan fingerprint density at radius 3 is 2.72 bits per heavy atom. The molecule has 0 fully saturated rings. The Morgan fingerprint density at radius 2 is 2.06 bits per heavy atom. The molecule has 4 nitrogen and oxygen atoms in total. The van der Waals surface area contributed by atoms with Crippen molar-refractivity contribution in [2.45, 2.75) is 26.2 Å². The van der Waals surface area contributed by atoms with Gasteiger partial charge < -0.3 is 10.4 Å². The van der Waals surface area contributed by atoms with Gasteiger partial charge in [0.1, 0.15) is 0 Å². The number of rotatable bonds is 6. The first kappa shape index (κ1) is 14.5. The summed E-state index contributed by atoms with van der Waals surface area (Å²) < 4.78 is 0. The summed E-state index contributed by atoms with van der Waals surface area (Å²) in [4.78, 5) is 22.1. The number of carbonyl (C=O) groups is 2. The number of carboxylic acids is 1. The Labute approximate surface area is 111 Å². The highest BCUT2D eigenvalue weighted by molar-refractivity contribution is 6.34. The van der Waals surface area contributed by atoms with Crippen LogP contribution in [0.5, 0.6) is 0 Å². The van der Waals surface area contributed by atoms with E-state index in [-0.39, 0.29) is 12.3 Å². The molecule has 0 aliphatic heterocycles. The number of hydrogen-bond acceptors (Lipinski definition) is 2. The van der Waals surface area contributed by atoms with E-state index in [9.17, 15) is 9.59 Å². The second-order valence-electron chi connectivity index (χ2n) is 4.04. The number of carboxylic acid groups (broad SMARTS) is 1. The first-order chi connectivity index (χ1) is 8.52. The summed E-state index contributed by atoms with van der Waals surface area (Å²) in [6.45, 7) is 2.29. The van der Waals surface area contributed by atoms with Crippen molar-refractivity contribution in [2.75, 3.05) is 6.54 Å². The fourth-order valence-corrected chi connectivity index (χ4v) is 1.73. The Morgan fingerprint density at radius 1 is 1.33 bits per heavy atom. The zero-order valence-electron chi connectivity index (χ0n) is 10.2. The lowest BCUT2D eigenvalue weighted by molar-refractivity contribution is -0.137. The number of aryl methyl sites for hydroxylation is 1. The highest BCUT2D eigenvalue weighted by Crippen LogP contribution is 2.19. The topological polar surface area (TPSA) is 66.4 Å². The third-order valence-electron chi connectivity index (χ3n) is 2.54. The molecule has 0 aliphatic rings. The molecule has 0 unspecified atom stereocenters. The number of aliphatic carboxylic acids is 1. The molecule has 1 aromatic rings. The van der Waals surface area contributed by atoms with Crippen LogP contribution in [0.4, 0.5) is 0 Å². The maximum atomic E-state index is 11.8. The number of nitrogens with one attached hydrogen (secondary N) is 1. The van der Waals surface area contributed by atoms with E-state index in [0.717, 1.165) is 5.56 Å². The molecule has 0 aromatic heterocycles. The van der Waals surface area contributed by atoms with Crippen LogP contribution in [0.25, 0.3) is 0 Å². The molecule has 0 saturated carbocycles. The van der Waals surface area contributed by atoms with Gasteiger partial charge in [-0.15, -0.1) is 0 Å². The van der Waals surface area contributed by atoms with Crippen LogP contribution in [0.3, 0.4) is 0 Å². The molecule has 0 heterocycles. The number of benzene rings is 1. The molecule has 1 amide bonds. The number of unbranched alkanes of at least 4 members (excludes halogenated alkanes) is 1. The van der Waals surface area contributed by atoms with Gasteiger partial charge in [0.05, 0.1) is 10.6 Å². The quantitative estimate of drug-likeness (QED) is 0.780. The minimum absolute atomic E-state index is 0.126. The monoisotopic (exact) mass is 269 g/mol. The van der Waals surface area contributed by atoms with Crippen LogP contribution in [0.1, 0.15) is 35.2 Å². The molecule has 0 aliphatic carbocycles. The van der Waals surface area contributed by atoms with Gasteiger partial charge in [-0.1, -0.05) is 23.7 Å². The van der Waals surface area contributed by atoms with Crippen molar-refractivity contribution in [2.24, 2.45) is 0 Å². The smallest absolute Gasteiger partial charge is 0.303 e. The van der Waals surface area contributed by atoms with Gasteiger partial charge in [0.15, 0.2) is 0 Å². The van der Waals surface area contributed by atoms with E-state index in [1.807, 2.05) is 13.0 Å². The van der Waals surface area contributed by atoms with Crippen LogP contribution in [-0.4, -0.2) is 23.5 Å². The standard InChI is InChI=1S/C13H16ClNO3/c1-9-5-4-6-10(12(9)14)13(18)15-8-3-2-7-11(16)17/h4-6H,2-3,7-8H2,1H3,(H,15,18)(H,16,17). The molecule has 0 radical (unpaired) electrons. The highest BCUT2D eigenvalue weighted by Gasteiger charge is 2.10. The first-order valence-electron chi connectivity index (χ1n) is 5.77. The van der Waals surface area contributed by atoms with Gasteiger partial charge in [-0.25, -0.2) is 0 Å². The van der Waals surface area contributed by atoms with Gasteiger partial charge in [-0.3, -0.25) is 9.59 Å². The van der Waals surface area contributed by atoms with Crippen LogP contribution in [-0.2, 0) is 4.79 Å². The van der Waals surface area contributed by atoms with Crippen molar-refractivity contribution in [1.82, 2.24) is 5.32 Å². The largest absolute Gasteiger partial charge is 0.481 e. The number of amides is 1. The molecule has 18 heavy (non-hydrogen) atoms. The highest BCUT2D eigenvalue weighted by atomic mass is 35.5. The van der Waals surface area contributed by atoms with E-state index in [2.05, 4.69) is 5.32 Å². The minimum Gasteiger partial charge on any atom is -0.481 e. The van der Waals surface area contributed by atoms with Gasteiger partial charge in [0.25, 0.3) is 5.91 Å². The Balaban J connectivity index is 2.41. The molecule has 0 bridgehead atoms. The Hall–Kier alpha value is -1.55. The average molecular weight is 270 g/mol. The number of halogens is 1. The van der Waals surface area contributed by atoms with E-state index >= 15 is 0 Å². The molecule has 2 N–H and O–H groups in total. The Bertz CT molecular complexity index is 446. The summed E-state index contributed by atoms with van der Waals surface area (Å²) in [6.07, 6.45) is 1.32. The maximum absolute atomic E-state index is 11.8. The molecule has 0 atom stereocenters. The molecule has 1 rings (SSSR count). The van der Waals surface area contributed by atoms with Crippen LogP contribution in [0, 0.1) is 6.92 Å². The lowest BCUT2D eigenvalue weighted by atomic mass is 10.1. The Kier molecular flexibility index (Phi) is 5.65. The predicted octanol–water partition coefficient (Wildman–Crippen LogP) is 2.63. The van der Waals surface area contributed by atoms with E-state index in [0.29, 0.717) is 30.0 Å². The summed E-state index contributed by atoms with van der Waals surface area (Å²) in [5.74, 6) is -1.04. The van der Waals surface area contributed by atoms with Crippen molar-refractivity contribution < 1.29 is 14.7 Å². The summed E-state index contributed by atoms with van der Waals surface area (Å²) in [5.41, 5.74) is 1.31. The van der Waals surface area contributed by atoms with Crippen LogP contribution in [0.15, 0.2) is 18.2 Å². The zero-order valence-corrected chi connectivity index (χ0v) is 11.0. The maximum Gasteiger partial charge on any atom is 0.303 e. The SMILES string of the molecule is Cc1cccc(C(=O)NCCCCC(=O)O)c1Cl. The first-order valence-corrected chi connectivity index (χ1v) is 6.15. The fraction of sp³-hybridized carbons (Fsp3) is 0.385. The molecular formula is C13H16ClNO3. The zero-order chi connectivity index (χ0) is 13.5. The van der Waals surface area contributed by atoms with Crippen molar-refractivity contribution in [3.63, 3.8) is 0 Å². The lowest BCUT2D eigenvalue weighted by Gasteiger charge is -2.07. The normalized spacial score (nSPS) is 10.1. The van der Waals surface area contributed by atoms with E-state index in [4.69, 9.17) is 16.7 Å². The average Bonchev–Trinajstić information content (AvgIpc) is 2.31. The molecule has 98 valence electrons. The number of hydrogen-bond donors (Lipinski definition) is 2. The summed E-state index contributed by atoms with van der Waals surface area (Å²) in [6, 6.07) is 5.29. The van der Waals surface area contributed by atoms with Crippen molar-refractivity contribution in [3.05, 3.63) is 34.3 Å². The fourth-order valence-electron chi connectivity index (χ4n) is 1.52. The molecule has 0 spiro atoms. The second-order valence-corrected chi connectivity index (χ2v) is 4.42.